The summed E-state index contributed by atoms with van der Waals surface area (Å²) in [5.41, 5.74) is 3.38. The molecule has 8 heteroatoms. The number of ether oxygens (including phenoxy) is 1. The molecule has 2 aromatic carbocycles. The van der Waals surface area contributed by atoms with Crippen molar-refractivity contribution in [1.29, 1.82) is 0 Å². The van der Waals surface area contributed by atoms with E-state index >= 15 is 0 Å². The van der Waals surface area contributed by atoms with Gasteiger partial charge in [0.15, 0.2) is 11.0 Å². The molecule has 2 aromatic heterocycles. The predicted octanol–water partition coefficient (Wildman–Crippen LogP) is 4.50. The van der Waals surface area contributed by atoms with E-state index in [-0.39, 0.29) is 5.97 Å². The molecule has 2 heterocycles. The van der Waals surface area contributed by atoms with Gasteiger partial charge in [-0.05, 0) is 37.6 Å². The minimum absolute atomic E-state index is 0.337. The average Bonchev–Trinajstić information content (AvgIpc) is 3.36. The summed E-state index contributed by atoms with van der Waals surface area (Å²) in [6.07, 6.45) is 0.638. The first-order chi connectivity index (χ1) is 14.7. The van der Waals surface area contributed by atoms with E-state index in [0.29, 0.717) is 36.1 Å². The summed E-state index contributed by atoms with van der Waals surface area (Å²) < 4.78 is 12.6. The van der Waals surface area contributed by atoms with E-state index in [4.69, 9.17) is 14.2 Å². The van der Waals surface area contributed by atoms with E-state index in [9.17, 15) is 4.79 Å². The molecule has 4 rings (SSSR count). The zero-order valence-corrected chi connectivity index (χ0v) is 17.7. The van der Waals surface area contributed by atoms with Crippen LogP contribution in [-0.4, -0.2) is 32.3 Å². The zero-order valence-electron chi connectivity index (χ0n) is 16.9. The van der Waals surface area contributed by atoms with Gasteiger partial charge in [-0.3, -0.25) is 0 Å². The number of rotatable bonds is 8. The lowest BCUT2D eigenvalue weighted by Crippen LogP contribution is -2.04. The first-order valence-corrected chi connectivity index (χ1v) is 10.8. The Morgan fingerprint density at radius 1 is 1.13 bits per heavy atom. The Kier molecular flexibility index (Phi) is 6.13. The van der Waals surface area contributed by atoms with E-state index in [1.807, 2.05) is 36.4 Å². The van der Waals surface area contributed by atoms with Crippen LogP contribution in [0.2, 0.25) is 0 Å². The number of benzene rings is 2. The van der Waals surface area contributed by atoms with E-state index < -0.39 is 0 Å². The van der Waals surface area contributed by atoms with Gasteiger partial charge in [0, 0.05) is 13.0 Å². The molecular formula is C22H22N4O3S. The number of carbonyl (C=O) groups is 1. The van der Waals surface area contributed by atoms with Crippen molar-refractivity contribution >= 4 is 28.8 Å². The molecule has 0 atom stereocenters. The lowest BCUT2D eigenvalue weighted by molar-refractivity contribution is 0.0526. The number of aryl methyl sites for hydroxylation is 1. The highest BCUT2D eigenvalue weighted by molar-refractivity contribution is 7.98. The van der Waals surface area contributed by atoms with E-state index in [1.165, 1.54) is 11.8 Å². The molecule has 7 nitrogen and oxygen atoms in total. The van der Waals surface area contributed by atoms with Gasteiger partial charge in [-0.2, -0.15) is 4.98 Å². The second-order valence-corrected chi connectivity index (χ2v) is 7.56. The molecule has 0 N–H and O–H groups in total. The van der Waals surface area contributed by atoms with E-state index in [2.05, 4.69) is 21.6 Å². The molecule has 0 amide bonds. The minimum Gasteiger partial charge on any atom is -0.462 e. The zero-order chi connectivity index (χ0) is 20.9. The molecule has 0 aliphatic carbocycles. The highest BCUT2D eigenvalue weighted by Crippen LogP contribution is 2.27. The number of esters is 1. The maximum atomic E-state index is 12.0. The van der Waals surface area contributed by atoms with Crippen LogP contribution in [0.1, 0.15) is 41.5 Å². The Balaban J connectivity index is 1.49. The van der Waals surface area contributed by atoms with Crippen molar-refractivity contribution in [1.82, 2.24) is 19.7 Å². The number of aromatic nitrogens is 4. The highest BCUT2D eigenvalue weighted by Gasteiger charge is 2.15. The molecule has 0 radical (unpaired) electrons. The van der Waals surface area contributed by atoms with Crippen LogP contribution in [0.4, 0.5) is 0 Å². The predicted molar refractivity (Wildman–Crippen MR) is 114 cm³/mol. The Morgan fingerprint density at radius 2 is 1.97 bits per heavy atom. The average molecular weight is 423 g/mol. The van der Waals surface area contributed by atoms with Crippen molar-refractivity contribution in [2.24, 2.45) is 0 Å². The van der Waals surface area contributed by atoms with Crippen LogP contribution >= 0.6 is 11.8 Å². The summed E-state index contributed by atoms with van der Waals surface area (Å²) >= 11 is 1.53. The fraction of sp³-hybridized carbons (Fsp3) is 0.273. The third kappa shape index (κ3) is 4.38. The number of carbonyl (C=O) groups excluding carboxylic acids is 1. The van der Waals surface area contributed by atoms with Crippen molar-refractivity contribution in [3.8, 4) is 0 Å². The Labute approximate surface area is 178 Å². The highest BCUT2D eigenvalue weighted by atomic mass is 32.2. The normalized spacial score (nSPS) is 11.1. The van der Waals surface area contributed by atoms with Crippen molar-refractivity contribution < 1.29 is 14.1 Å². The van der Waals surface area contributed by atoms with Gasteiger partial charge >= 0.3 is 5.97 Å². The third-order valence-electron chi connectivity index (χ3n) is 4.58. The largest absolute Gasteiger partial charge is 0.462 e. The number of nitrogens with zero attached hydrogens (tertiary/aromatic N) is 4. The van der Waals surface area contributed by atoms with E-state index in [0.717, 1.165) is 28.3 Å². The molecule has 0 spiro atoms. The topological polar surface area (TPSA) is 83.0 Å². The van der Waals surface area contributed by atoms with Crippen molar-refractivity contribution in [3.05, 3.63) is 71.4 Å². The molecule has 0 aliphatic rings. The van der Waals surface area contributed by atoms with Crippen LogP contribution < -0.4 is 0 Å². The van der Waals surface area contributed by atoms with Gasteiger partial charge in [-0.25, -0.2) is 9.78 Å². The molecule has 4 aromatic rings. The first kappa shape index (κ1) is 20.2. The van der Waals surface area contributed by atoms with Crippen molar-refractivity contribution in [3.63, 3.8) is 0 Å². The van der Waals surface area contributed by atoms with Crippen molar-refractivity contribution in [2.45, 2.75) is 37.7 Å². The fourth-order valence-electron chi connectivity index (χ4n) is 3.19. The second-order valence-electron chi connectivity index (χ2n) is 6.62. The fourth-order valence-corrected chi connectivity index (χ4v) is 4.11. The minimum atomic E-state index is -0.337. The molecule has 0 bridgehead atoms. The smallest absolute Gasteiger partial charge is 0.338 e. The Morgan fingerprint density at radius 3 is 2.73 bits per heavy atom. The van der Waals surface area contributed by atoms with Crippen LogP contribution in [0.3, 0.4) is 0 Å². The van der Waals surface area contributed by atoms with Crippen LogP contribution in [0.25, 0.3) is 11.0 Å². The van der Waals surface area contributed by atoms with Crippen LogP contribution in [-0.2, 0) is 23.5 Å². The van der Waals surface area contributed by atoms with Crippen LogP contribution in [0, 0.1) is 0 Å². The van der Waals surface area contributed by atoms with Gasteiger partial charge in [0.1, 0.15) is 0 Å². The summed E-state index contributed by atoms with van der Waals surface area (Å²) in [6.45, 7) is 4.97. The summed E-state index contributed by atoms with van der Waals surface area (Å²) in [5.74, 6) is 1.42. The van der Waals surface area contributed by atoms with Gasteiger partial charge in [0.25, 0.3) is 0 Å². The Hall–Kier alpha value is -3.13. The number of hydrogen-bond donors (Lipinski definition) is 0. The summed E-state index contributed by atoms with van der Waals surface area (Å²) in [4.78, 5) is 21.2. The molecule has 0 aliphatic heterocycles. The lowest BCUT2D eigenvalue weighted by Gasteiger charge is -2.05. The number of hydrogen-bond acceptors (Lipinski definition) is 7. The number of fused-ring (bicyclic) bond motifs is 1. The molecule has 0 unspecified atom stereocenters. The van der Waals surface area contributed by atoms with Gasteiger partial charge in [0.2, 0.25) is 5.89 Å². The summed E-state index contributed by atoms with van der Waals surface area (Å²) in [5, 5.41) is 4.92. The molecule has 0 saturated carbocycles. The van der Waals surface area contributed by atoms with Crippen LogP contribution in [0.5, 0.6) is 0 Å². The molecule has 0 saturated heterocycles. The quantitative estimate of drug-likeness (QED) is 0.305. The first-order valence-electron chi connectivity index (χ1n) is 9.83. The van der Waals surface area contributed by atoms with Gasteiger partial charge < -0.3 is 13.8 Å². The standard InChI is InChI=1S/C22H22N4O3S/c1-3-26-18-11-10-16(21(27)28-4-2)13-17(18)23-22(26)30-14-20-24-19(25-29-20)12-15-8-6-5-7-9-15/h5-11,13H,3-4,12,14H2,1-2H3. The van der Waals surface area contributed by atoms with Gasteiger partial charge in [-0.15, -0.1) is 0 Å². The van der Waals surface area contributed by atoms with Gasteiger partial charge in [-0.1, -0.05) is 47.3 Å². The lowest BCUT2D eigenvalue weighted by atomic mass is 10.1. The third-order valence-corrected chi connectivity index (χ3v) is 5.54. The summed E-state index contributed by atoms with van der Waals surface area (Å²) in [7, 11) is 0. The van der Waals surface area contributed by atoms with Crippen molar-refractivity contribution in [2.75, 3.05) is 6.61 Å². The maximum absolute atomic E-state index is 12.0. The van der Waals surface area contributed by atoms with Crippen LogP contribution in [0.15, 0.2) is 58.2 Å². The molecule has 0 fully saturated rings. The maximum Gasteiger partial charge on any atom is 0.338 e. The number of imidazole rings is 1. The second kappa shape index (κ2) is 9.13. The summed E-state index contributed by atoms with van der Waals surface area (Å²) in [6, 6.07) is 15.5. The number of thioether (sulfide) groups is 1. The van der Waals surface area contributed by atoms with E-state index in [1.54, 1.807) is 19.1 Å². The SMILES string of the molecule is CCOC(=O)c1ccc2c(c1)nc(SCc1nc(Cc3ccccc3)no1)n2CC. The molecule has 30 heavy (non-hydrogen) atoms. The monoisotopic (exact) mass is 422 g/mol. The molecular weight excluding hydrogens is 400 g/mol. The van der Waals surface area contributed by atoms with Gasteiger partial charge in [0.05, 0.1) is 29.0 Å². The molecule has 154 valence electrons. The Bertz CT molecular complexity index is 1150.